The Morgan fingerprint density at radius 3 is 2.23 bits per heavy atom. The molecule has 1 unspecified atom stereocenters. The van der Waals surface area contributed by atoms with Gasteiger partial charge in [-0.15, -0.1) is 0 Å². The van der Waals surface area contributed by atoms with Gasteiger partial charge in [0.2, 0.25) is 10.0 Å². The summed E-state index contributed by atoms with van der Waals surface area (Å²) < 4.78 is 31.9. The molecule has 0 radical (unpaired) electrons. The van der Waals surface area contributed by atoms with Crippen molar-refractivity contribution in [1.29, 1.82) is 0 Å². The fourth-order valence-corrected chi connectivity index (χ4v) is 4.67. The molecule has 1 aliphatic heterocycles. The van der Waals surface area contributed by atoms with E-state index in [2.05, 4.69) is 10.6 Å². The molecule has 1 aromatic rings. The molecule has 0 saturated carbocycles. The number of carbonyl (C=O) groups is 3. The summed E-state index contributed by atoms with van der Waals surface area (Å²) in [6.07, 6.45) is 2.05. The van der Waals surface area contributed by atoms with E-state index in [4.69, 9.17) is 4.74 Å². The number of nitrogens with zero attached hydrogens (tertiary/aromatic N) is 1. The van der Waals surface area contributed by atoms with Crippen molar-refractivity contribution in [1.82, 2.24) is 14.9 Å². The predicted octanol–water partition coefficient (Wildman–Crippen LogP) is 1.96. The smallest absolute Gasteiger partial charge is 0.321 e. The maximum Gasteiger partial charge on any atom is 0.321 e. The Morgan fingerprint density at radius 1 is 1.03 bits per heavy atom. The van der Waals surface area contributed by atoms with Crippen LogP contribution in [0.5, 0.6) is 0 Å². The number of ether oxygens (including phenoxy) is 1. The molecule has 0 aromatic heterocycles. The first-order valence-corrected chi connectivity index (χ1v) is 11.9. The summed E-state index contributed by atoms with van der Waals surface area (Å²) >= 11 is 0. The minimum absolute atomic E-state index is 0.0219. The van der Waals surface area contributed by atoms with E-state index in [1.807, 2.05) is 0 Å². The van der Waals surface area contributed by atoms with Crippen LogP contribution >= 0.6 is 0 Å². The summed E-state index contributed by atoms with van der Waals surface area (Å²) in [5.41, 5.74) is 0.781. The number of nitrogens with one attached hydrogen (secondary N) is 2. The van der Waals surface area contributed by atoms with E-state index < -0.39 is 34.0 Å². The molecule has 31 heavy (non-hydrogen) atoms. The van der Waals surface area contributed by atoms with E-state index >= 15 is 0 Å². The molecule has 9 nitrogen and oxygen atoms in total. The number of piperidine rings is 1. The quantitative estimate of drug-likeness (QED) is 0.580. The fourth-order valence-electron chi connectivity index (χ4n) is 3.15. The number of amides is 3. The lowest BCUT2D eigenvalue weighted by Crippen LogP contribution is -2.46. The van der Waals surface area contributed by atoms with Gasteiger partial charge in [-0.05, 0) is 57.7 Å². The zero-order chi connectivity index (χ0) is 23.0. The third kappa shape index (κ3) is 7.62. The second-order valence-electron chi connectivity index (χ2n) is 7.86. The molecule has 0 bridgehead atoms. The molecule has 1 aliphatic rings. The number of sulfonamides is 1. The van der Waals surface area contributed by atoms with Crippen LogP contribution in [-0.2, 0) is 30.8 Å². The standard InChI is InChI=1S/C21H31N3O6S/c1-15(2)22-21(27)23-20(26)16(3)30-19(25)12-9-17-7-10-18(11-8-17)31(28,29)24-13-5-4-6-14-24/h7-8,10-11,15-16H,4-6,9,12-14H2,1-3H3,(H2,22,23,26,27). The summed E-state index contributed by atoms with van der Waals surface area (Å²) in [5, 5.41) is 4.62. The monoisotopic (exact) mass is 453 g/mol. The highest BCUT2D eigenvalue weighted by Gasteiger charge is 2.25. The van der Waals surface area contributed by atoms with Crippen molar-refractivity contribution in [3.05, 3.63) is 29.8 Å². The largest absolute Gasteiger partial charge is 0.453 e. The van der Waals surface area contributed by atoms with Crippen molar-refractivity contribution >= 4 is 27.9 Å². The van der Waals surface area contributed by atoms with Crippen LogP contribution in [0.3, 0.4) is 0 Å². The van der Waals surface area contributed by atoms with Crippen LogP contribution in [0.4, 0.5) is 4.79 Å². The van der Waals surface area contributed by atoms with Gasteiger partial charge in [0, 0.05) is 25.6 Å². The van der Waals surface area contributed by atoms with Crippen molar-refractivity contribution in [3.63, 3.8) is 0 Å². The van der Waals surface area contributed by atoms with Gasteiger partial charge in [0.15, 0.2) is 6.10 Å². The average molecular weight is 454 g/mol. The van der Waals surface area contributed by atoms with Crippen LogP contribution in [0.1, 0.15) is 52.0 Å². The molecule has 172 valence electrons. The highest BCUT2D eigenvalue weighted by molar-refractivity contribution is 7.89. The minimum Gasteiger partial charge on any atom is -0.453 e. The second kappa shape index (κ2) is 11.2. The number of benzene rings is 1. The van der Waals surface area contributed by atoms with Gasteiger partial charge in [0.25, 0.3) is 5.91 Å². The number of hydrogen-bond donors (Lipinski definition) is 2. The fraction of sp³-hybridized carbons (Fsp3) is 0.571. The van der Waals surface area contributed by atoms with Crippen LogP contribution < -0.4 is 10.6 Å². The van der Waals surface area contributed by atoms with E-state index in [0.29, 0.717) is 19.5 Å². The molecule has 3 amide bonds. The van der Waals surface area contributed by atoms with E-state index in [1.54, 1.807) is 38.1 Å². The number of urea groups is 1. The Kier molecular flexibility index (Phi) is 9.00. The Hall–Kier alpha value is -2.46. The first-order chi connectivity index (χ1) is 14.6. The number of esters is 1. The topological polar surface area (TPSA) is 122 Å². The van der Waals surface area contributed by atoms with Crippen LogP contribution in [-0.4, -0.2) is 55.9 Å². The normalized spacial score (nSPS) is 15.9. The lowest BCUT2D eigenvalue weighted by Gasteiger charge is -2.25. The molecule has 1 aromatic carbocycles. The van der Waals surface area contributed by atoms with Crippen LogP contribution in [0.15, 0.2) is 29.2 Å². The lowest BCUT2D eigenvalue weighted by atomic mass is 10.1. The zero-order valence-electron chi connectivity index (χ0n) is 18.2. The summed E-state index contributed by atoms with van der Waals surface area (Å²) in [6.45, 7) is 5.98. The van der Waals surface area contributed by atoms with Crippen LogP contribution in [0.25, 0.3) is 0 Å². The van der Waals surface area contributed by atoms with Gasteiger partial charge in [-0.2, -0.15) is 4.31 Å². The second-order valence-corrected chi connectivity index (χ2v) is 9.80. The zero-order valence-corrected chi connectivity index (χ0v) is 19.0. The molecule has 0 spiro atoms. The van der Waals surface area contributed by atoms with E-state index in [1.165, 1.54) is 11.2 Å². The summed E-state index contributed by atoms with van der Waals surface area (Å²) in [7, 11) is -3.49. The molecular weight excluding hydrogens is 422 g/mol. The maximum atomic E-state index is 12.7. The number of rotatable bonds is 8. The predicted molar refractivity (Wildman–Crippen MR) is 115 cm³/mol. The summed E-state index contributed by atoms with van der Waals surface area (Å²) in [5.74, 6) is -1.30. The van der Waals surface area contributed by atoms with Crippen molar-refractivity contribution in [2.45, 2.75) is 69.9 Å². The molecule has 10 heteroatoms. The van der Waals surface area contributed by atoms with Gasteiger partial charge >= 0.3 is 12.0 Å². The Balaban J connectivity index is 1.82. The van der Waals surface area contributed by atoms with Crippen LogP contribution in [0, 0.1) is 0 Å². The first-order valence-electron chi connectivity index (χ1n) is 10.5. The molecule has 1 atom stereocenters. The Bertz CT molecular complexity index is 877. The van der Waals surface area contributed by atoms with Crippen LogP contribution in [0.2, 0.25) is 0 Å². The third-order valence-corrected chi connectivity index (χ3v) is 6.74. The Labute approximate surface area is 183 Å². The summed E-state index contributed by atoms with van der Waals surface area (Å²) in [6, 6.07) is 5.67. The van der Waals surface area contributed by atoms with Gasteiger partial charge in [-0.1, -0.05) is 18.6 Å². The molecule has 0 aliphatic carbocycles. The van der Waals surface area contributed by atoms with Crippen molar-refractivity contribution in [3.8, 4) is 0 Å². The van der Waals surface area contributed by atoms with Gasteiger partial charge in [-0.3, -0.25) is 14.9 Å². The van der Waals surface area contributed by atoms with Gasteiger partial charge in [-0.25, -0.2) is 13.2 Å². The maximum absolute atomic E-state index is 12.7. The minimum atomic E-state index is -3.49. The van der Waals surface area contributed by atoms with E-state index in [0.717, 1.165) is 24.8 Å². The lowest BCUT2D eigenvalue weighted by molar-refractivity contribution is -0.154. The van der Waals surface area contributed by atoms with E-state index in [-0.39, 0.29) is 17.4 Å². The first kappa shape index (κ1) is 24.8. The molecule has 2 N–H and O–H groups in total. The molecular formula is C21H31N3O6S. The molecule has 1 fully saturated rings. The molecule has 1 heterocycles. The number of carbonyl (C=O) groups excluding carboxylic acids is 3. The van der Waals surface area contributed by atoms with Crippen molar-refractivity contribution in [2.24, 2.45) is 0 Å². The average Bonchev–Trinajstić information content (AvgIpc) is 2.72. The van der Waals surface area contributed by atoms with Gasteiger partial charge in [0.05, 0.1) is 4.90 Å². The van der Waals surface area contributed by atoms with Crippen molar-refractivity contribution < 1.29 is 27.5 Å². The number of hydrogen-bond acceptors (Lipinski definition) is 6. The highest BCUT2D eigenvalue weighted by atomic mass is 32.2. The molecule has 1 saturated heterocycles. The number of imide groups is 1. The van der Waals surface area contributed by atoms with Crippen molar-refractivity contribution in [2.75, 3.05) is 13.1 Å². The summed E-state index contributed by atoms with van der Waals surface area (Å²) in [4.78, 5) is 35.7. The number of aryl methyl sites for hydroxylation is 1. The highest BCUT2D eigenvalue weighted by Crippen LogP contribution is 2.21. The SMILES string of the molecule is CC(C)NC(=O)NC(=O)C(C)OC(=O)CCc1ccc(S(=O)(=O)N2CCCCC2)cc1. The Morgan fingerprint density at radius 2 is 1.65 bits per heavy atom. The van der Waals surface area contributed by atoms with Gasteiger partial charge in [0.1, 0.15) is 0 Å². The molecule has 2 rings (SSSR count). The third-order valence-electron chi connectivity index (χ3n) is 4.83. The van der Waals surface area contributed by atoms with E-state index in [9.17, 15) is 22.8 Å². The van der Waals surface area contributed by atoms with Gasteiger partial charge < -0.3 is 10.1 Å².